The zero-order valence-electron chi connectivity index (χ0n) is 13.2. The molecule has 3 heterocycles. The number of hydrogen-bond acceptors (Lipinski definition) is 5. The number of piperidine rings is 1. The third-order valence-electron chi connectivity index (χ3n) is 4.67. The predicted molar refractivity (Wildman–Crippen MR) is 93.6 cm³/mol. The van der Waals surface area contributed by atoms with Crippen LogP contribution in [0.5, 0.6) is 0 Å². The molecular formula is C16H25N3OS2. The van der Waals surface area contributed by atoms with Crippen molar-refractivity contribution in [1.29, 1.82) is 0 Å². The predicted octanol–water partition coefficient (Wildman–Crippen LogP) is 2.33. The van der Waals surface area contributed by atoms with Crippen LogP contribution >= 0.6 is 23.1 Å². The van der Waals surface area contributed by atoms with Gasteiger partial charge in [-0.25, -0.2) is 4.98 Å². The first-order chi connectivity index (χ1) is 10.7. The monoisotopic (exact) mass is 339 g/mol. The van der Waals surface area contributed by atoms with Gasteiger partial charge in [-0.2, -0.15) is 11.8 Å². The maximum absolute atomic E-state index is 12.3. The van der Waals surface area contributed by atoms with Gasteiger partial charge in [0.1, 0.15) is 0 Å². The first-order valence-electron chi connectivity index (χ1n) is 8.23. The van der Waals surface area contributed by atoms with Crippen LogP contribution in [0.3, 0.4) is 0 Å². The number of likely N-dealkylation sites (tertiary alicyclic amines) is 1. The molecule has 2 aliphatic rings. The molecule has 0 aromatic carbocycles. The minimum absolute atomic E-state index is 0.211. The van der Waals surface area contributed by atoms with Gasteiger partial charge in [0, 0.05) is 36.1 Å². The van der Waals surface area contributed by atoms with E-state index in [4.69, 9.17) is 0 Å². The minimum atomic E-state index is 0.211. The SMILES string of the molecule is Cc1nc(CCNC(=O)C2CCN(C3CCSC3)CC2)cs1. The second kappa shape index (κ2) is 7.79. The molecule has 2 fully saturated rings. The first kappa shape index (κ1) is 16.3. The zero-order chi connectivity index (χ0) is 15.4. The van der Waals surface area contributed by atoms with Crippen LogP contribution < -0.4 is 5.32 Å². The molecule has 122 valence electrons. The highest BCUT2D eigenvalue weighted by molar-refractivity contribution is 7.99. The fourth-order valence-corrected chi connectivity index (χ4v) is 5.22. The molecule has 1 aromatic rings. The van der Waals surface area contributed by atoms with Crippen molar-refractivity contribution in [2.75, 3.05) is 31.1 Å². The van der Waals surface area contributed by atoms with Gasteiger partial charge in [0.25, 0.3) is 0 Å². The van der Waals surface area contributed by atoms with Gasteiger partial charge in [0.05, 0.1) is 10.7 Å². The van der Waals surface area contributed by atoms with Crippen molar-refractivity contribution in [2.45, 2.75) is 38.6 Å². The number of aromatic nitrogens is 1. The normalized spacial score (nSPS) is 23.8. The lowest BCUT2D eigenvalue weighted by molar-refractivity contribution is -0.126. The Balaban J connectivity index is 1.36. The van der Waals surface area contributed by atoms with Crippen LogP contribution in [-0.4, -0.2) is 53.0 Å². The van der Waals surface area contributed by atoms with E-state index in [0.29, 0.717) is 6.54 Å². The quantitative estimate of drug-likeness (QED) is 0.894. The Morgan fingerprint density at radius 3 is 2.86 bits per heavy atom. The van der Waals surface area contributed by atoms with Gasteiger partial charge in [-0.1, -0.05) is 0 Å². The summed E-state index contributed by atoms with van der Waals surface area (Å²) in [5, 5.41) is 6.28. The van der Waals surface area contributed by atoms with Crippen molar-refractivity contribution in [2.24, 2.45) is 5.92 Å². The Labute approximate surface area is 141 Å². The molecule has 1 atom stereocenters. The molecule has 3 rings (SSSR count). The maximum Gasteiger partial charge on any atom is 0.223 e. The van der Waals surface area contributed by atoms with Crippen LogP contribution in [0.2, 0.25) is 0 Å². The van der Waals surface area contributed by atoms with E-state index in [9.17, 15) is 4.79 Å². The molecule has 2 saturated heterocycles. The number of amides is 1. The van der Waals surface area contributed by atoms with Gasteiger partial charge in [0.15, 0.2) is 0 Å². The second-order valence-electron chi connectivity index (χ2n) is 6.23. The molecule has 0 radical (unpaired) electrons. The van der Waals surface area contributed by atoms with Crippen LogP contribution in [0.4, 0.5) is 0 Å². The number of thioether (sulfide) groups is 1. The van der Waals surface area contributed by atoms with E-state index in [1.54, 1.807) is 11.3 Å². The molecule has 1 unspecified atom stereocenters. The fraction of sp³-hybridized carbons (Fsp3) is 0.750. The van der Waals surface area contributed by atoms with Gasteiger partial charge in [-0.15, -0.1) is 11.3 Å². The molecule has 0 bridgehead atoms. The standard InChI is InChI=1S/C16H25N3OS2/c1-12-18-14(10-22-12)2-6-17-16(20)13-3-7-19(8-4-13)15-5-9-21-11-15/h10,13,15H,2-9,11H2,1H3,(H,17,20). The molecule has 1 amide bonds. The number of hydrogen-bond donors (Lipinski definition) is 1. The van der Waals surface area contributed by atoms with Gasteiger partial charge in [0.2, 0.25) is 5.91 Å². The highest BCUT2D eigenvalue weighted by Gasteiger charge is 2.29. The molecule has 4 nitrogen and oxygen atoms in total. The van der Waals surface area contributed by atoms with Crippen LogP contribution in [0, 0.1) is 12.8 Å². The van der Waals surface area contributed by atoms with Crippen molar-refractivity contribution in [3.8, 4) is 0 Å². The lowest BCUT2D eigenvalue weighted by Gasteiger charge is -2.35. The third-order valence-corrected chi connectivity index (χ3v) is 6.64. The molecule has 1 aromatic heterocycles. The topological polar surface area (TPSA) is 45.2 Å². The summed E-state index contributed by atoms with van der Waals surface area (Å²) in [4.78, 5) is 19.3. The van der Waals surface area contributed by atoms with E-state index < -0.39 is 0 Å². The van der Waals surface area contributed by atoms with Crippen LogP contribution in [0.15, 0.2) is 5.38 Å². The summed E-state index contributed by atoms with van der Waals surface area (Å²) in [7, 11) is 0. The molecule has 22 heavy (non-hydrogen) atoms. The van der Waals surface area contributed by atoms with Crippen molar-refractivity contribution in [3.63, 3.8) is 0 Å². The lowest BCUT2D eigenvalue weighted by Crippen LogP contribution is -2.45. The average Bonchev–Trinajstić information content (AvgIpc) is 3.19. The summed E-state index contributed by atoms with van der Waals surface area (Å²) < 4.78 is 0. The Hall–Kier alpha value is -0.590. The number of thiazole rings is 1. The van der Waals surface area contributed by atoms with Gasteiger partial charge >= 0.3 is 0 Å². The lowest BCUT2D eigenvalue weighted by atomic mass is 9.94. The van der Waals surface area contributed by atoms with Crippen molar-refractivity contribution < 1.29 is 4.79 Å². The van der Waals surface area contributed by atoms with E-state index >= 15 is 0 Å². The van der Waals surface area contributed by atoms with E-state index in [2.05, 4.69) is 32.3 Å². The molecular weight excluding hydrogens is 314 g/mol. The summed E-state index contributed by atoms with van der Waals surface area (Å²) >= 11 is 3.74. The molecule has 0 saturated carbocycles. The fourth-order valence-electron chi connectivity index (χ4n) is 3.32. The van der Waals surface area contributed by atoms with Crippen molar-refractivity contribution in [3.05, 3.63) is 16.1 Å². The van der Waals surface area contributed by atoms with Crippen molar-refractivity contribution >= 4 is 29.0 Å². The summed E-state index contributed by atoms with van der Waals surface area (Å²) in [6.45, 7) is 4.91. The zero-order valence-corrected chi connectivity index (χ0v) is 14.8. The molecule has 1 N–H and O–H groups in total. The van der Waals surface area contributed by atoms with Gasteiger partial charge in [-0.3, -0.25) is 9.69 Å². The van der Waals surface area contributed by atoms with Gasteiger partial charge < -0.3 is 5.32 Å². The molecule has 6 heteroatoms. The van der Waals surface area contributed by atoms with E-state index in [1.165, 1.54) is 17.9 Å². The number of nitrogens with zero attached hydrogens (tertiary/aromatic N) is 2. The largest absolute Gasteiger partial charge is 0.355 e. The number of carbonyl (C=O) groups excluding carboxylic acids is 1. The van der Waals surface area contributed by atoms with Crippen molar-refractivity contribution in [1.82, 2.24) is 15.2 Å². The highest BCUT2D eigenvalue weighted by atomic mass is 32.2. The third kappa shape index (κ3) is 4.24. The molecule has 0 aliphatic carbocycles. The number of rotatable bonds is 5. The van der Waals surface area contributed by atoms with Crippen LogP contribution in [0.1, 0.15) is 30.0 Å². The first-order valence-corrected chi connectivity index (χ1v) is 10.3. The van der Waals surface area contributed by atoms with E-state index in [-0.39, 0.29) is 11.8 Å². The summed E-state index contributed by atoms with van der Waals surface area (Å²) in [6.07, 6.45) is 4.20. The molecule has 0 spiro atoms. The Bertz CT molecular complexity index is 491. The summed E-state index contributed by atoms with van der Waals surface area (Å²) in [6, 6.07) is 0.766. The summed E-state index contributed by atoms with van der Waals surface area (Å²) in [5.74, 6) is 3.04. The Morgan fingerprint density at radius 2 is 2.23 bits per heavy atom. The number of aryl methyl sites for hydroxylation is 1. The maximum atomic E-state index is 12.3. The Morgan fingerprint density at radius 1 is 1.41 bits per heavy atom. The number of carbonyl (C=O) groups is 1. The summed E-state index contributed by atoms with van der Waals surface area (Å²) in [5.41, 5.74) is 1.09. The Kier molecular flexibility index (Phi) is 5.77. The average molecular weight is 340 g/mol. The smallest absolute Gasteiger partial charge is 0.223 e. The van der Waals surface area contributed by atoms with Gasteiger partial charge in [-0.05, 0) is 45.0 Å². The van der Waals surface area contributed by atoms with Crippen LogP contribution in [-0.2, 0) is 11.2 Å². The van der Waals surface area contributed by atoms with E-state index in [0.717, 1.165) is 49.1 Å². The number of nitrogens with one attached hydrogen (secondary N) is 1. The van der Waals surface area contributed by atoms with Crippen LogP contribution in [0.25, 0.3) is 0 Å². The van der Waals surface area contributed by atoms with E-state index in [1.807, 2.05) is 6.92 Å². The second-order valence-corrected chi connectivity index (χ2v) is 8.44. The minimum Gasteiger partial charge on any atom is -0.355 e. The molecule has 2 aliphatic heterocycles. The highest BCUT2D eigenvalue weighted by Crippen LogP contribution is 2.26.